The zero-order chi connectivity index (χ0) is 14.8. The van der Waals surface area contributed by atoms with Crippen molar-refractivity contribution in [2.45, 2.75) is 0 Å². The van der Waals surface area contributed by atoms with Crippen molar-refractivity contribution in [1.82, 2.24) is 4.57 Å². The Kier molecular flexibility index (Phi) is 3.36. The van der Waals surface area contributed by atoms with E-state index < -0.39 is 5.97 Å². The largest absolute Gasteiger partial charge is 0.482 e. The monoisotopic (exact) mass is 281 g/mol. The van der Waals surface area contributed by atoms with Gasteiger partial charge < -0.3 is 14.4 Å². The first kappa shape index (κ1) is 13.2. The number of aromatic nitrogens is 1. The van der Waals surface area contributed by atoms with Crippen LogP contribution in [0.4, 0.5) is 0 Å². The first-order chi connectivity index (χ1) is 10.1. The van der Waals surface area contributed by atoms with Crippen LogP contribution in [0.1, 0.15) is 0 Å². The van der Waals surface area contributed by atoms with Crippen molar-refractivity contribution < 1.29 is 14.6 Å². The average molecular weight is 281 g/mol. The van der Waals surface area contributed by atoms with Gasteiger partial charge in [-0.3, -0.25) is 0 Å². The third-order valence-electron chi connectivity index (χ3n) is 3.42. The van der Waals surface area contributed by atoms with Gasteiger partial charge in [0.05, 0.1) is 0 Å². The fourth-order valence-electron chi connectivity index (χ4n) is 2.45. The number of fused-ring (bicyclic) bond motifs is 1. The van der Waals surface area contributed by atoms with Crippen LogP contribution in [0, 0.1) is 0 Å². The third kappa shape index (κ3) is 2.60. The van der Waals surface area contributed by atoms with Crippen LogP contribution in [0.5, 0.6) is 5.75 Å². The van der Waals surface area contributed by atoms with Crippen LogP contribution in [0.15, 0.2) is 54.7 Å². The molecule has 0 fully saturated rings. The molecule has 4 nitrogen and oxygen atoms in total. The van der Waals surface area contributed by atoms with Crippen molar-refractivity contribution in [2.24, 2.45) is 7.05 Å². The molecule has 0 amide bonds. The summed E-state index contributed by atoms with van der Waals surface area (Å²) in [6.45, 7) is -0.326. The number of benzene rings is 2. The Morgan fingerprint density at radius 2 is 1.86 bits per heavy atom. The van der Waals surface area contributed by atoms with E-state index in [9.17, 15) is 4.79 Å². The van der Waals surface area contributed by atoms with E-state index in [1.807, 2.05) is 31.3 Å². The number of aliphatic carboxylic acids is 1. The highest BCUT2D eigenvalue weighted by Crippen LogP contribution is 2.30. The number of ether oxygens (including phenoxy) is 1. The average Bonchev–Trinajstić information content (AvgIpc) is 2.83. The zero-order valence-corrected chi connectivity index (χ0v) is 11.6. The molecule has 0 atom stereocenters. The summed E-state index contributed by atoms with van der Waals surface area (Å²) >= 11 is 0. The van der Waals surface area contributed by atoms with Gasteiger partial charge in [-0.2, -0.15) is 0 Å². The number of carboxylic acids is 1. The second-order valence-corrected chi connectivity index (χ2v) is 4.88. The minimum atomic E-state index is -0.979. The van der Waals surface area contributed by atoms with Crippen LogP contribution in [0.3, 0.4) is 0 Å². The molecular formula is C17H15NO3. The molecule has 21 heavy (non-hydrogen) atoms. The molecule has 1 aromatic heterocycles. The number of hydrogen-bond acceptors (Lipinski definition) is 2. The van der Waals surface area contributed by atoms with Crippen LogP contribution in [-0.2, 0) is 11.8 Å². The summed E-state index contributed by atoms with van der Waals surface area (Å²) in [5.74, 6) is -0.422. The van der Waals surface area contributed by atoms with Gasteiger partial charge in [-0.15, -0.1) is 0 Å². The summed E-state index contributed by atoms with van der Waals surface area (Å²) < 4.78 is 7.24. The molecular weight excluding hydrogens is 266 g/mol. The normalized spacial score (nSPS) is 10.7. The maximum atomic E-state index is 10.5. The van der Waals surface area contributed by atoms with Gasteiger partial charge in [-0.05, 0) is 23.8 Å². The van der Waals surface area contributed by atoms with Crippen molar-refractivity contribution in [3.63, 3.8) is 0 Å². The lowest BCUT2D eigenvalue weighted by molar-refractivity contribution is -0.139. The van der Waals surface area contributed by atoms with E-state index in [2.05, 4.69) is 22.9 Å². The highest BCUT2D eigenvalue weighted by atomic mass is 16.5. The van der Waals surface area contributed by atoms with E-state index in [1.54, 1.807) is 12.1 Å². The molecule has 106 valence electrons. The van der Waals surface area contributed by atoms with E-state index in [0.29, 0.717) is 5.75 Å². The Morgan fingerprint density at radius 3 is 2.57 bits per heavy atom. The Morgan fingerprint density at radius 1 is 1.14 bits per heavy atom. The predicted octanol–water partition coefficient (Wildman–Crippen LogP) is 3.31. The van der Waals surface area contributed by atoms with Crippen molar-refractivity contribution >= 4 is 16.9 Å². The molecule has 0 aliphatic heterocycles. The fraction of sp³-hybridized carbons (Fsp3) is 0.118. The molecule has 0 bridgehead atoms. The Bertz CT molecular complexity index is 787. The van der Waals surface area contributed by atoms with Crippen molar-refractivity contribution in [1.29, 1.82) is 0 Å². The van der Waals surface area contributed by atoms with E-state index in [-0.39, 0.29) is 6.61 Å². The molecule has 3 rings (SSSR count). The molecule has 1 heterocycles. The Labute approximate surface area is 122 Å². The van der Waals surface area contributed by atoms with Crippen molar-refractivity contribution in [3.8, 4) is 16.9 Å². The number of hydrogen-bond donors (Lipinski definition) is 1. The number of para-hydroxylation sites is 1. The predicted molar refractivity (Wildman–Crippen MR) is 81.5 cm³/mol. The smallest absolute Gasteiger partial charge is 0.341 e. The van der Waals surface area contributed by atoms with Crippen LogP contribution in [0.25, 0.3) is 22.0 Å². The molecule has 0 saturated heterocycles. The van der Waals surface area contributed by atoms with E-state index >= 15 is 0 Å². The van der Waals surface area contributed by atoms with Gasteiger partial charge in [0.15, 0.2) is 6.61 Å². The van der Waals surface area contributed by atoms with Crippen LogP contribution in [0.2, 0.25) is 0 Å². The maximum Gasteiger partial charge on any atom is 0.341 e. The molecule has 4 heteroatoms. The lowest BCUT2D eigenvalue weighted by atomic mass is 10.0. The first-order valence-corrected chi connectivity index (χ1v) is 6.64. The van der Waals surface area contributed by atoms with Crippen LogP contribution in [-0.4, -0.2) is 22.2 Å². The van der Waals surface area contributed by atoms with Crippen LogP contribution < -0.4 is 4.74 Å². The van der Waals surface area contributed by atoms with Gasteiger partial charge in [0, 0.05) is 29.7 Å². The Hall–Kier alpha value is -2.75. The number of rotatable bonds is 4. The molecule has 0 saturated carbocycles. The summed E-state index contributed by atoms with van der Waals surface area (Å²) in [6, 6.07) is 15.7. The second-order valence-electron chi connectivity index (χ2n) is 4.88. The van der Waals surface area contributed by atoms with E-state index in [1.165, 1.54) is 10.9 Å². The molecule has 1 N–H and O–H groups in total. The summed E-state index contributed by atoms with van der Waals surface area (Å²) in [4.78, 5) is 10.5. The molecule has 3 aromatic rings. The Balaban J connectivity index is 1.94. The standard InChI is InChI=1S/C17H15NO3/c1-18-10-15(14-4-2-3-5-16(14)18)12-6-8-13(9-7-12)21-11-17(19)20/h2-10H,11H2,1H3,(H,19,20). The topological polar surface area (TPSA) is 51.5 Å². The summed E-state index contributed by atoms with van der Waals surface area (Å²) in [5.41, 5.74) is 3.41. The van der Waals surface area contributed by atoms with Gasteiger partial charge >= 0.3 is 5.97 Å². The summed E-state index contributed by atoms with van der Waals surface area (Å²) in [5, 5.41) is 9.79. The number of carboxylic acid groups (broad SMARTS) is 1. The van der Waals surface area contributed by atoms with Crippen LogP contribution >= 0.6 is 0 Å². The molecule has 0 aliphatic carbocycles. The molecule has 2 aromatic carbocycles. The van der Waals surface area contributed by atoms with E-state index in [0.717, 1.165) is 11.1 Å². The molecule has 0 aliphatic rings. The summed E-state index contributed by atoms with van der Waals surface area (Å²) in [7, 11) is 2.02. The zero-order valence-electron chi connectivity index (χ0n) is 11.6. The minimum absolute atomic E-state index is 0.326. The number of nitrogens with zero attached hydrogens (tertiary/aromatic N) is 1. The highest BCUT2D eigenvalue weighted by Gasteiger charge is 2.08. The molecule has 0 unspecified atom stereocenters. The van der Waals surface area contributed by atoms with Gasteiger partial charge in [0.1, 0.15) is 5.75 Å². The van der Waals surface area contributed by atoms with E-state index in [4.69, 9.17) is 9.84 Å². The first-order valence-electron chi connectivity index (χ1n) is 6.64. The second kappa shape index (κ2) is 5.32. The minimum Gasteiger partial charge on any atom is -0.482 e. The van der Waals surface area contributed by atoms with Gasteiger partial charge in [0.2, 0.25) is 0 Å². The quantitative estimate of drug-likeness (QED) is 0.798. The number of carbonyl (C=O) groups is 1. The molecule has 0 spiro atoms. The summed E-state index contributed by atoms with van der Waals surface area (Å²) in [6.07, 6.45) is 2.10. The van der Waals surface area contributed by atoms with Gasteiger partial charge in [0.25, 0.3) is 0 Å². The lowest BCUT2D eigenvalue weighted by Gasteiger charge is -2.04. The molecule has 0 radical (unpaired) electrons. The van der Waals surface area contributed by atoms with Gasteiger partial charge in [-0.25, -0.2) is 4.79 Å². The fourth-order valence-corrected chi connectivity index (χ4v) is 2.45. The highest BCUT2D eigenvalue weighted by molar-refractivity contribution is 5.96. The third-order valence-corrected chi connectivity index (χ3v) is 3.42. The maximum absolute atomic E-state index is 10.5. The van der Waals surface area contributed by atoms with Crippen molar-refractivity contribution in [2.75, 3.05) is 6.61 Å². The number of aryl methyl sites for hydroxylation is 1. The van der Waals surface area contributed by atoms with Crippen molar-refractivity contribution in [3.05, 3.63) is 54.7 Å². The van der Waals surface area contributed by atoms with Gasteiger partial charge in [-0.1, -0.05) is 30.3 Å². The SMILES string of the molecule is Cn1cc(-c2ccc(OCC(=O)O)cc2)c2ccccc21. The lowest BCUT2D eigenvalue weighted by Crippen LogP contribution is -2.09.